The van der Waals surface area contributed by atoms with Gasteiger partial charge < -0.3 is 10.1 Å². The van der Waals surface area contributed by atoms with Crippen molar-refractivity contribution in [2.45, 2.75) is 13.3 Å². The summed E-state index contributed by atoms with van der Waals surface area (Å²) in [5.41, 5.74) is 1.16. The van der Waals surface area contributed by atoms with Crippen molar-refractivity contribution in [3.8, 4) is 11.8 Å². The zero-order chi connectivity index (χ0) is 18.8. The lowest BCUT2D eigenvalue weighted by atomic mass is 10.3. The van der Waals surface area contributed by atoms with Crippen LogP contribution in [-0.2, 0) is 4.79 Å². The molecule has 0 fully saturated rings. The van der Waals surface area contributed by atoms with Gasteiger partial charge in [0.2, 0.25) is 5.91 Å². The van der Waals surface area contributed by atoms with Crippen LogP contribution in [0.25, 0.3) is 0 Å². The topological polar surface area (TPSA) is 82.4 Å². The standard InChI is InChI=1S/C20H19N3O3/c1-2-8-19(24)22-16-9-6-12-18(15-16)26-20(25)23(14-7-13-21)17-10-4-3-5-11-17/h2-6,8-12,15H,7,14H2,1H3,(H,22,24). The Balaban J connectivity index is 2.13. The Morgan fingerprint density at radius 2 is 1.96 bits per heavy atom. The molecular weight excluding hydrogens is 330 g/mol. The zero-order valence-electron chi connectivity index (χ0n) is 14.4. The largest absolute Gasteiger partial charge is 0.419 e. The maximum Gasteiger partial charge on any atom is 0.419 e. The third-order valence-electron chi connectivity index (χ3n) is 3.36. The van der Waals surface area contributed by atoms with E-state index in [1.54, 1.807) is 61.5 Å². The molecule has 132 valence electrons. The summed E-state index contributed by atoms with van der Waals surface area (Å²) < 4.78 is 5.42. The van der Waals surface area contributed by atoms with Crippen LogP contribution in [-0.4, -0.2) is 18.5 Å². The highest BCUT2D eigenvalue weighted by atomic mass is 16.6. The number of nitrogens with zero attached hydrogens (tertiary/aromatic N) is 2. The van der Waals surface area contributed by atoms with Crippen LogP contribution in [0.2, 0.25) is 0 Å². The van der Waals surface area contributed by atoms with Crippen LogP contribution < -0.4 is 15.0 Å². The fourth-order valence-electron chi connectivity index (χ4n) is 2.22. The van der Waals surface area contributed by atoms with Gasteiger partial charge in [-0.1, -0.05) is 30.3 Å². The number of benzene rings is 2. The molecule has 0 spiro atoms. The van der Waals surface area contributed by atoms with Crippen molar-refractivity contribution in [1.29, 1.82) is 5.26 Å². The molecule has 2 rings (SSSR count). The fourth-order valence-corrected chi connectivity index (χ4v) is 2.22. The van der Waals surface area contributed by atoms with Crippen LogP contribution in [0.15, 0.2) is 66.7 Å². The average Bonchev–Trinajstić information content (AvgIpc) is 2.63. The Kier molecular flexibility index (Phi) is 6.95. The summed E-state index contributed by atoms with van der Waals surface area (Å²) in [4.78, 5) is 25.6. The molecule has 0 aliphatic rings. The summed E-state index contributed by atoms with van der Waals surface area (Å²) in [6, 6.07) is 17.6. The molecule has 0 radical (unpaired) electrons. The first-order valence-corrected chi connectivity index (χ1v) is 8.09. The number of carbonyl (C=O) groups is 2. The summed E-state index contributed by atoms with van der Waals surface area (Å²) in [6.45, 7) is 1.97. The molecule has 26 heavy (non-hydrogen) atoms. The van der Waals surface area contributed by atoms with Crippen LogP contribution in [0.1, 0.15) is 13.3 Å². The van der Waals surface area contributed by atoms with E-state index in [2.05, 4.69) is 5.32 Å². The number of hydrogen-bond donors (Lipinski definition) is 1. The molecule has 0 bridgehead atoms. The molecule has 0 saturated carbocycles. The van der Waals surface area contributed by atoms with E-state index in [1.165, 1.54) is 11.0 Å². The molecule has 2 amide bonds. The van der Waals surface area contributed by atoms with Gasteiger partial charge in [0.05, 0.1) is 12.5 Å². The molecule has 0 unspecified atom stereocenters. The van der Waals surface area contributed by atoms with Gasteiger partial charge in [0.25, 0.3) is 0 Å². The van der Waals surface area contributed by atoms with E-state index in [9.17, 15) is 9.59 Å². The summed E-state index contributed by atoms with van der Waals surface area (Å²) in [5, 5.41) is 11.5. The van der Waals surface area contributed by atoms with Crippen LogP contribution in [0, 0.1) is 11.3 Å². The number of nitriles is 1. The number of amides is 2. The second-order valence-electron chi connectivity index (χ2n) is 5.28. The third kappa shape index (κ3) is 5.49. The van der Waals surface area contributed by atoms with Crippen molar-refractivity contribution in [1.82, 2.24) is 0 Å². The normalized spacial score (nSPS) is 10.2. The van der Waals surface area contributed by atoms with Gasteiger partial charge in [-0.2, -0.15) is 5.26 Å². The molecular formula is C20H19N3O3. The zero-order valence-corrected chi connectivity index (χ0v) is 14.4. The van der Waals surface area contributed by atoms with E-state index >= 15 is 0 Å². The highest BCUT2D eigenvalue weighted by molar-refractivity contribution is 5.99. The Morgan fingerprint density at radius 3 is 2.65 bits per heavy atom. The summed E-state index contributed by atoms with van der Waals surface area (Å²) in [6.07, 6.45) is 2.62. The summed E-state index contributed by atoms with van der Waals surface area (Å²) in [5.74, 6) is 0.0297. The SMILES string of the molecule is CC=CC(=O)Nc1cccc(OC(=O)N(CCC#N)c2ccccc2)c1. The second kappa shape index (κ2) is 9.64. The van der Waals surface area contributed by atoms with E-state index < -0.39 is 6.09 Å². The number of nitrogens with one attached hydrogen (secondary N) is 1. The molecule has 0 heterocycles. The number of hydrogen-bond acceptors (Lipinski definition) is 4. The predicted octanol–water partition coefficient (Wildman–Crippen LogP) is 4.12. The van der Waals surface area contributed by atoms with Crippen LogP contribution in [0.5, 0.6) is 5.75 Å². The van der Waals surface area contributed by atoms with Crippen molar-refractivity contribution in [2.24, 2.45) is 0 Å². The first kappa shape index (κ1) is 18.7. The fraction of sp³-hybridized carbons (Fsp3) is 0.150. The highest BCUT2D eigenvalue weighted by Crippen LogP contribution is 2.20. The highest BCUT2D eigenvalue weighted by Gasteiger charge is 2.17. The molecule has 0 aliphatic heterocycles. The van der Waals surface area contributed by atoms with Gasteiger partial charge in [-0.3, -0.25) is 9.69 Å². The Hall–Kier alpha value is -3.59. The van der Waals surface area contributed by atoms with E-state index in [-0.39, 0.29) is 18.9 Å². The Morgan fingerprint density at radius 1 is 1.19 bits per heavy atom. The summed E-state index contributed by atoms with van der Waals surface area (Å²) in [7, 11) is 0. The van der Waals surface area contributed by atoms with E-state index in [0.717, 1.165) is 0 Å². The van der Waals surface area contributed by atoms with Crippen molar-refractivity contribution in [3.05, 3.63) is 66.7 Å². The van der Waals surface area contributed by atoms with Crippen molar-refractivity contribution in [2.75, 3.05) is 16.8 Å². The first-order valence-electron chi connectivity index (χ1n) is 8.09. The minimum atomic E-state index is -0.594. The molecule has 0 aromatic heterocycles. The van der Waals surface area contributed by atoms with Gasteiger partial charge in [0, 0.05) is 24.0 Å². The van der Waals surface area contributed by atoms with E-state index in [1.807, 2.05) is 12.1 Å². The van der Waals surface area contributed by atoms with E-state index in [4.69, 9.17) is 10.00 Å². The van der Waals surface area contributed by atoms with Gasteiger partial charge in [0.1, 0.15) is 5.75 Å². The number of allylic oxidation sites excluding steroid dienone is 1. The smallest absolute Gasteiger partial charge is 0.410 e. The lowest BCUT2D eigenvalue weighted by molar-refractivity contribution is -0.111. The first-order chi connectivity index (χ1) is 12.6. The van der Waals surface area contributed by atoms with E-state index in [0.29, 0.717) is 17.1 Å². The molecule has 2 aromatic rings. The van der Waals surface area contributed by atoms with Gasteiger partial charge in [-0.25, -0.2) is 4.79 Å². The van der Waals surface area contributed by atoms with Crippen molar-refractivity contribution < 1.29 is 14.3 Å². The van der Waals surface area contributed by atoms with Crippen LogP contribution in [0.3, 0.4) is 0 Å². The lowest BCUT2D eigenvalue weighted by Gasteiger charge is -2.21. The minimum absolute atomic E-state index is 0.184. The maximum atomic E-state index is 12.6. The number of rotatable bonds is 6. The predicted molar refractivity (Wildman–Crippen MR) is 99.9 cm³/mol. The summed E-state index contributed by atoms with van der Waals surface area (Å²) >= 11 is 0. The second-order valence-corrected chi connectivity index (χ2v) is 5.28. The number of ether oxygens (including phenoxy) is 1. The lowest BCUT2D eigenvalue weighted by Crippen LogP contribution is -2.34. The van der Waals surface area contributed by atoms with Gasteiger partial charge in [-0.05, 0) is 37.3 Å². The monoisotopic (exact) mass is 349 g/mol. The van der Waals surface area contributed by atoms with Gasteiger partial charge in [-0.15, -0.1) is 0 Å². The molecule has 2 aromatic carbocycles. The van der Waals surface area contributed by atoms with Crippen LogP contribution in [0.4, 0.5) is 16.2 Å². The van der Waals surface area contributed by atoms with Crippen molar-refractivity contribution in [3.63, 3.8) is 0 Å². The molecule has 0 atom stereocenters. The molecule has 6 nitrogen and oxygen atoms in total. The number of para-hydroxylation sites is 1. The maximum absolute atomic E-state index is 12.6. The third-order valence-corrected chi connectivity index (χ3v) is 3.36. The molecule has 0 aliphatic carbocycles. The quantitative estimate of drug-likeness (QED) is 0.795. The molecule has 0 saturated heterocycles. The van der Waals surface area contributed by atoms with Crippen LogP contribution >= 0.6 is 0 Å². The van der Waals surface area contributed by atoms with Gasteiger partial charge >= 0.3 is 6.09 Å². The average molecular weight is 349 g/mol. The molecule has 6 heteroatoms. The van der Waals surface area contributed by atoms with Gasteiger partial charge in [0.15, 0.2) is 0 Å². The molecule has 1 N–H and O–H groups in total. The Bertz CT molecular complexity index is 826. The Labute approximate surface area is 152 Å². The van der Waals surface area contributed by atoms with Crippen molar-refractivity contribution >= 4 is 23.4 Å². The number of anilines is 2. The minimum Gasteiger partial charge on any atom is -0.410 e. The number of carbonyl (C=O) groups excluding carboxylic acids is 2.